The van der Waals surface area contributed by atoms with Gasteiger partial charge in [0.05, 0.1) is 25.0 Å². The van der Waals surface area contributed by atoms with Crippen molar-refractivity contribution < 1.29 is 33.0 Å². The van der Waals surface area contributed by atoms with Crippen LogP contribution in [0.3, 0.4) is 0 Å². The summed E-state index contributed by atoms with van der Waals surface area (Å²) in [7, 11) is -3.77. The lowest BCUT2D eigenvalue weighted by Gasteiger charge is -2.37. The highest BCUT2D eigenvalue weighted by molar-refractivity contribution is 7.86. The standard InChI is InChI=1S/C11H18N2O7S/c14-10(15)8-1-2-13(7-9(8)11(16)17)21(18,19)12-3-5-20-6-4-12/h8-9H,1-7H2,(H,14,15)(H,16,17). The van der Waals surface area contributed by atoms with Crippen LogP contribution in [0.1, 0.15) is 6.42 Å². The molecule has 120 valence electrons. The lowest BCUT2D eigenvalue weighted by molar-refractivity contribution is -0.156. The number of aliphatic carboxylic acids is 2. The Hall–Kier alpha value is -1.23. The molecule has 0 saturated carbocycles. The van der Waals surface area contributed by atoms with Gasteiger partial charge in [0.15, 0.2) is 0 Å². The van der Waals surface area contributed by atoms with E-state index in [0.717, 1.165) is 4.31 Å². The maximum atomic E-state index is 12.4. The summed E-state index contributed by atoms with van der Waals surface area (Å²) >= 11 is 0. The van der Waals surface area contributed by atoms with Crippen LogP contribution in [-0.2, 0) is 24.5 Å². The molecule has 2 N–H and O–H groups in total. The minimum absolute atomic E-state index is 0.00410. The Morgan fingerprint density at radius 2 is 1.52 bits per heavy atom. The second-order valence-corrected chi connectivity index (χ2v) is 6.98. The second kappa shape index (κ2) is 6.26. The van der Waals surface area contributed by atoms with E-state index in [2.05, 4.69) is 0 Å². The molecule has 2 heterocycles. The maximum Gasteiger partial charge on any atom is 0.308 e. The minimum Gasteiger partial charge on any atom is -0.481 e. The van der Waals surface area contributed by atoms with Crippen LogP contribution in [0.25, 0.3) is 0 Å². The molecule has 2 aliphatic rings. The molecular weight excluding hydrogens is 304 g/mol. The van der Waals surface area contributed by atoms with Crippen molar-refractivity contribution in [2.24, 2.45) is 11.8 Å². The molecule has 9 nitrogen and oxygen atoms in total. The van der Waals surface area contributed by atoms with Gasteiger partial charge < -0.3 is 14.9 Å². The van der Waals surface area contributed by atoms with Gasteiger partial charge in [-0.05, 0) is 6.42 Å². The molecular formula is C11H18N2O7S. The number of carboxylic acids is 2. The first kappa shape index (κ1) is 16.1. The first-order valence-corrected chi connectivity index (χ1v) is 8.02. The van der Waals surface area contributed by atoms with E-state index in [9.17, 15) is 18.0 Å². The van der Waals surface area contributed by atoms with Gasteiger partial charge in [0.25, 0.3) is 10.2 Å². The maximum absolute atomic E-state index is 12.4. The van der Waals surface area contributed by atoms with Crippen LogP contribution in [-0.4, -0.2) is 78.6 Å². The molecule has 2 fully saturated rings. The van der Waals surface area contributed by atoms with Crippen molar-refractivity contribution in [3.05, 3.63) is 0 Å². The van der Waals surface area contributed by atoms with Gasteiger partial charge in [0.2, 0.25) is 0 Å². The lowest BCUT2D eigenvalue weighted by atomic mass is 9.86. The van der Waals surface area contributed by atoms with E-state index in [-0.39, 0.29) is 32.6 Å². The van der Waals surface area contributed by atoms with Crippen LogP contribution in [0.5, 0.6) is 0 Å². The zero-order chi connectivity index (χ0) is 15.6. The van der Waals surface area contributed by atoms with Crippen molar-refractivity contribution in [3.8, 4) is 0 Å². The fourth-order valence-electron chi connectivity index (χ4n) is 2.62. The Kier molecular flexibility index (Phi) is 4.81. The van der Waals surface area contributed by atoms with Gasteiger partial charge in [-0.3, -0.25) is 9.59 Å². The van der Waals surface area contributed by atoms with E-state index in [1.807, 2.05) is 0 Å². The predicted octanol–water partition coefficient (Wildman–Crippen LogP) is -1.33. The van der Waals surface area contributed by atoms with Crippen LogP contribution < -0.4 is 0 Å². The van der Waals surface area contributed by atoms with Gasteiger partial charge in [-0.2, -0.15) is 17.0 Å². The van der Waals surface area contributed by atoms with Gasteiger partial charge >= 0.3 is 11.9 Å². The summed E-state index contributed by atoms with van der Waals surface area (Å²) in [6.45, 7) is 0.741. The SMILES string of the molecule is O=C(O)C1CCN(S(=O)(=O)N2CCOCC2)CC1C(=O)O. The lowest BCUT2D eigenvalue weighted by Crippen LogP contribution is -2.54. The Morgan fingerprint density at radius 1 is 0.952 bits per heavy atom. The number of morpholine rings is 1. The third-order valence-corrected chi connectivity index (χ3v) is 5.83. The smallest absolute Gasteiger partial charge is 0.308 e. The normalized spacial score (nSPS) is 29.1. The van der Waals surface area contributed by atoms with Crippen molar-refractivity contribution in [3.63, 3.8) is 0 Å². The number of nitrogens with zero attached hydrogens (tertiary/aromatic N) is 2. The molecule has 2 unspecified atom stereocenters. The first-order chi connectivity index (χ1) is 9.84. The molecule has 0 bridgehead atoms. The molecule has 0 aromatic heterocycles. The number of carbonyl (C=O) groups is 2. The fourth-order valence-corrected chi connectivity index (χ4v) is 4.24. The fraction of sp³-hybridized carbons (Fsp3) is 0.818. The summed E-state index contributed by atoms with van der Waals surface area (Å²) in [5.41, 5.74) is 0. The van der Waals surface area contributed by atoms with Crippen molar-refractivity contribution in [2.45, 2.75) is 6.42 Å². The van der Waals surface area contributed by atoms with Crippen molar-refractivity contribution in [2.75, 3.05) is 39.4 Å². The number of hydrogen-bond acceptors (Lipinski definition) is 5. The molecule has 2 atom stereocenters. The minimum atomic E-state index is -3.77. The molecule has 21 heavy (non-hydrogen) atoms. The Bertz CT molecular complexity index is 515. The molecule has 0 radical (unpaired) electrons. The van der Waals surface area contributed by atoms with Gasteiger partial charge in [-0.1, -0.05) is 0 Å². The molecule has 0 amide bonds. The van der Waals surface area contributed by atoms with E-state index < -0.39 is 34.0 Å². The van der Waals surface area contributed by atoms with Gasteiger partial charge in [0.1, 0.15) is 0 Å². The Morgan fingerprint density at radius 3 is 2.05 bits per heavy atom. The summed E-state index contributed by atoms with van der Waals surface area (Å²) in [5.74, 6) is -4.78. The quantitative estimate of drug-likeness (QED) is 0.657. The van der Waals surface area contributed by atoms with Crippen LogP contribution in [0, 0.1) is 11.8 Å². The number of piperidine rings is 1. The van der Waals surface area contributed by atoms with Crippen LogP contribution in [0.15, 0.2) is 0 Å². The third-order valence-electron chi connectivity index (χ3n) is 3.83. The number of rotatable bonds is 4. The van der Waals surface area contributed by atoms with E-state index in [0.29, 0.717) is 13.2 Å². The average molecular weight is 322 g/mol. The molecule has 2 aliphatic heterocycles. The average Bonchev–Trinajstić information content (AvgIpc) is 2.47. The Labute approximate surface area is 122 Å². The van der Waals surface area contributed by atoms with Crippen molar-refractivity contribution in [1.82, 2.24) is 8.61 Å². The summed E-state index contributed by atoms with van der Waals surface area (Å²) in [6, 6.07) is 0. The first-order valence-electron chi connectivity index (χ1n) is 6.62. The summed E-state index contributed by atoms with van der Waals surface area (Å²) in [5, 5.41) is 18.2. The molecule has 10 heteroatoms. The van der Waals surface area contributed by atoms with E-state index >= 15 is 0 Å². The summed E-state index contributed by atoms with van der Waals surface area (Å²) in [6.07, 6.45) is -0.00410. The topological polar surface area (TPSA) is 124 Å². The van der Waals surface area contributed by atoms with E-state index in [1.54, 1.807) is 0 Å². The molecule has 2 saturated heterocycles. The summed E-state index contributed by atoms with van der Waals surface area (Å²) < 4.78 is 32.3. The molecule has 2 rings (SSSR count). The van der Waals surface area contributed by atoms with E-state index in [4.69, 9.17) is 14.9 Å². The number of hydrogen-bond donors (Lipinski definition) is 2. The zero-order valence-electron chi connectivity index (χ0n) is 11.3. The van der Waals surface area contributed by atoms with Crippen LogP contribution in [0.4, 0.5) is 0 Å². The molecule has 0 aromatic rings. The highest BCUT2D eigenvalue weighted by Gasteiger charge is 2.43. The summed E-state index contributed by atoms with van der Waals surface area (Å²) in [4.78, 5) is 22.3. The number of carboxylic acid groups (broad SMARTS) is 2. The second-order valence-electron chi connectivity index (χ2n) is 5.06. The molecule has 0 spiro atoms. The van der Waals surface area contributed by atoms with Crippen molar-refractivity contribution in [1.29, 1.82) is 0 Å². The Balaban J connectivity index is 2.14. The molecule has 0 aromatic carbocycles. The predicted molar refractivity (Wildman–Crippen MR) is 69.8 cm³/mol. The monoisotopic (exact) mass is 322 g/mol. The van der Waals surface area contributed by atoms with Gasteiger partial charge in [0, 0.05) is 26.2 Å². The zero-order valence-corrected chi connectivity index (χ0v) is 12.2. The highest BCUT2D eigenvalue weighted by Crippen LogP contribution is 2.27. The molecule has 0 aliphatic carbocycles. The third kappa shape index (κ3) is 3.34. The van der Waals surface area contributed by atoms with Crippen LogP contribution in [0.2, 0.25) is 0 Å². The van der Waals surface area contributed by atoms with E-state index in [1.165, 1.54) is 4.31 Å². The number of ether oxygens (including phenoxy) is 1. The van der Waals surface area contributed by atoms with Crippen LogP contribution >= 0.6 is 0 Å². The largest absolute Gasteiger partial charge is 0.481 e. The van der Waals surface area contributed by atoms with Crippen molar-refractivity contribution >= 4 is 22.1 Å². The highest BCUT2D eigenvalue weighted by atomic mass is 32.2. The van der Waals surface area contributed by atoms with Gasteiger partial charge in [-0.25, -0.2) is 0 Å². The van der Waals surface area contributed by atoms with Gasteiger partial charge in [-0.15, -0.1) is 0 Å².